The second kappa shape index (κ2) is 4.62. The van der Waals surface area contributed by atoms with Gasteiger partial charge in [-0.2, -0.15) is 0 Å². The molecule has 0 bridgehead atoms. The molecule has 2 rings (SSSR count). The van der Waals surface area contributed by atoms with Gasteiger partial charge in [0.15, 0.2) is 5.82 Å². The monoisotopic (exact) mass is 250 g/mol. The predicted octanol–water partition coefficient (Wildman–Crippen LogP) is 1.32. The summed E-state index contributed by atoms with van der Waals surface area (Å²) in [5.74, 6) is -1.36. The maximum absolute atomic E-state index is 13.2. The molecule has 7 nitrogen and oxygen atoms in total. The molecule has 1 heterocycles. The first-order chi connectivity index (χ1) is 8.58. The fourth-order valence-corrected chi connectivity index (χ4v) is 1.20. The first-order valence-electron chi connectivity index (χ1n) is 4.80. The summed E-state index contributed by atoms with van der Waals surface area (Å²) in [6.45, 7) is 0. The second-order valence-corrected chi connectivity index (χ2v) is 3.26. The van der Waals surface area contributed by atoms with E-state index in [0.717, 1.165) is 0 Å². The van der Waals surface area contributed by atoms with Crippen molar-refractivity contribution in [2.75, 3.05) is 0 Å². The third-order valence-corrected chi connectivity index (χ3v) is 2.01. The molecule has 0 aliphatic heterocycles. The fraction of sp³-hybridized carbons (Fsp3) is 0. The van der Waals surface area contributed by atoms with Gasteiger partial charge in [0.1, 0.15) is 5.69 Å². The average molecular weight is 250 g/mol. The summed E-state index contributed by atoms with van der Waals surface area (Å²) in [5, 5.41) is 16.2. The Bertz CT molecular complexity index is 720. The van der Waals surface area contributed by atoms with Gasteiger partial charge >= 0.3 is 5.69 Å². The van der Waals surface area contributed by atoms with Crippen LogP contribution >= 0.6 is 0 Å². The van der Waals surface area contributed by atoms with E-state index in [2.05, 4.69) is 10.2 Å². The third-order valence-electron chi connectivity index (χ3n) is 2.01. The fourth-order valence-electron chi connectivity index (χ4n) is 1.20. The van der Waals surface area contributed by atoms with Crippen molar-refractivity contribution in [2.45, 2.75) is 0 Å². The van der Waals surface area contributed by atoms with E-state index in [4.69, 9.17) is 0 Å². The average Bonchev–Trinajstić information content (AvgIpc) is 2.30. The number of nitrogens with one attached hydrogen (secondary N) is 2. The molecule has 0 aliphatic rings. The SMILES string of the molecule is O=c1[nH]c(O)c(N=Nc2ccccc2F)c(=O)[nH]1. The van der Waals surface area contributed by atoms with Crippen LogP contribution in [0.5, 0.6) is 5.88 Å². The van der Waals surface area contributed by atoms with Crippen molar-refractivity contribution in [1.82, 2.24) is 9.97 Å². The van der Waals surface area contributed by atoms with Gasteiger partial charge in [0.05, 0.1) is 0 Å². The maximum Gasteiger partial charge on any atom is 0.328 e. The summed E-state index contributed by atoms with van der Waals surface area (Å²) in [6, 6.07) is 5.52. The molecular formula is C10H7FN4O3. The van der Waals surface area contributed by atoms with Gasteiger partial charge in [-0.25, -0.2) is 9.18 Å². The molecular weight excluding hydrogens is 243 g/mol. The van der Waals surface area contributed by atoms with Gasteiger partial charge in [-0.1, -0.05) is 12.1 Å². The van der Waals surface area contributed by atoms with Crippen molar-refractivity contribution in [2.24, 2.45) is 10.2 Å². The van der Waals surface area contributed by atoms with Crippen molar-refractivity contribution >= 4 is 11.4 Å². The zero-order valence-electron chi connectivity index (χ0n) is 8.85. The van der Waals surface area contributed by atoms with Crippen molar-refractivity contribution in [1.29, 1.82) is 0 Å². The van der Waals surface area contributed by atoms with Crippen LogP contribution in [0.3, 0.4) is 0 Å². The van der Waals surface area contributed by atoms with Gasteiger partial charge in [-0.15, -0.1) is 10.2 Å². The van der Waals surface area contributed by atoms with E-state index in [0.29, 0.717) is 0 Å². The quantitative estimate of drug-likeness (QED) is 0.699. The summed E-state index contributed by atoms with van der Waals surface area (Å²) >= 11 is 0. The molecule has 0 saturated heterocycles. The highest BCUT2D eigenvalue weighted by Crippen LogP contribution is 2.22. The number of benzene rings is 1. The van der Waals surface area contributed by atoms with Crippen LogP contribution < -0.4 is 11.2 Å². The van der Waals surface area contributed by atoms with Crippen molar-refractivity contribution in [3.63, 3.8) is 0 Å². The van der Waals surface area contributed by atoms with Gasteiger partial charge in [0.25, 0.3) is 5.56 Å². The third kappa shape index (κ3) is 2.32. The molecule has 1 aromatic carbocycles. The van der Waals surface area contributed by atoms with E-state index in [-0.39, 0.29) is 5.69 Å². The number of hydrogen-bond acceptors (Lipinski definition) is 5. The van der Waals surface area contributed by atoms with E-state index in [1.54, 1.807) is 0 Å². The van der Waals surface area contributed by atoms with E-state index >= 15 is 0 Å². The number of hydrogen-bond donors (Lipinski definition) is 3. The highest BCUT2D eigenvalue weighted by atomic mass is 19.1. The molecule has 18 heavy (non-hydrogen) atoms. The number of azo groups is 1. The normalized spacial score (nSPS) is 10.9. The lowest BCUT2D eigenvalue weighted by atomic mass is 10.3. The number of H-pyrrole nitrogens is 2. The zero-order chi connectivity index (χ0) is 13.1. The Balaban J connectivity index is 2.45. The van der Waals surface area contributed by atoms with Gasteiger partial charge < -0.3 is 5.11 Å². The Morgan fingerprint density at radius 3 is 2.50 bits per heavy atom. The lowest BCUT2D eigenvalue weighted by Crippen LogP contribution is -2.20. The highest BCUT2D eigenvalue weighted by molar-refractivity contribution is 5.44. The van der Waals surface area contributed by atoms with Crippen LogP contribution in [0.1, 0.15) is 0 Å². The Morgan fingerprint density at radius 2 is 1.83 bits per heavy atom. The van der Waals surface area contributed by atoms with Crippen LogP contribution in [-0.2, 0) is 0 Å². The minimum atomic E-state index is -0.920. The van der Waals surface area contributed by atoms with Crippen LogP contribution in [0.15, 0.2) is 44.1 Å². The second-order valence-electron chi connectivity index (χ2n) is 3.26. The Kier molecular flexibility index (Phi) is 3.00. The minimum absolute atomic E-state index is 0.0949. The Morgan fingerprint density at radius 1 is 1.11 bits per heavy atom. The highest BCUT2D eigenvalue weighted by Gasteiger charge is 2.07. The minimum Gasteiger partial charge on any atom is -0.493 e. The van der Waals surface area contributed by atoms with E-state index in [1.807, 2.05) is 9.97 Å². The van der Waals surface area contributed by atoms with Gasteiger partial charge in [-0.05, 0) is 12.1 Å². The van der Waals surface area contributed by atoms with Crippen LogP contribution in [-0.4, -0.2) is 15.1 Å². The maximum atomic E-state index is 13.2. The predicted molar refractivity (Wildman–Crippen MR) is 59.9 cm³/mol. The molecule has 0 spiro atoms. The van der Waals surface area contributed by atoms with Gasteiger partial charge in [0.2, 0.25) is 11.6 Å². The van der Waals surface area contributed by atoms with Crippen LogP contribution in [0.4, 0.5) is 15.8 Å². The molecule has 0 fully saturated rings. The molecule has 0 aliphatic carbocycles. The molecule has 1 aromatic heterocycles. The van der Waals surface area contributed by atoms with E-state index in [9.17, 15) is 19.1 Å². The van der Waals surface area contributed by atoms with E-state index < -0.39 is 28.6 Å². The molecule has 2 aromatic rings. The first kappa shape index (κ1) is 11.7. The largest absolute Gasteiger partial charge is 0.493 e. The number of rotatable bonds is 2. The van der Waals surface area contributed by atoms with Crippen molar-refractivity contribution in [3.8, 4) is 5.88 Å². The van der Waals surface area contributed by atoms with Crippen molar-refractivity contribution in [3.05, 3.63) is 50.9 Å². The number of halogens is 1. The lowest BCUT2D eigenvalue weighted by Gasteiger charge is -1.96. The Hall–Kier alpha value is -2.77. The summed E-state index contributed by atoms with van der Waals surface area (Å²) < 4.78 is 13.2. The topological polar surface area (TPSA) is 111 Å². The van der Waals surface area contributed by atoms with E-state index in [1.165, 1.54) is 24.3 Å². The zero-order valence-corrected chi connectivity index (χ0v) is 8.85. The number of aromatic hydroxyl groups is 1. The molecule has 0 radical (unpaired) electrons. The van der Waals surface area contributed by atoms with Gasteiger partial charge in [0, 0.05) is 0 Å². The molecule has 0 atom stereocenters. The number of aromatic nitrogens is 2. The summed E-state index contributed by atoms with van der Waals surface area (Å²) in [6.07, 6.45) is 0. The summed E-state index contributed by atoms with van der Waals surface area (Å²) in [4.78, 5) is 25.9. The van der Waals surface area contributed by atoms with Crippen LogP contribution in [0.25, 0.3) is 0 Å². The summed E-state index contributed by atoms with van der Waals surface area (Å²) in [5.41, 5.74) is -2.39. The molecule has 92 valence electrons. The first-order valence-corrected chi connectivity index (χ1v) is 4.80. The summed E-state index contributed by atoms with van der Waals surface area (Å²) in [7, 11) is 0. The number of aromatic amines is 2. The standard InChI is InChI=1S/C10H7FN4O3/c11-5-3-1-2-4-6(5)14-15-7-8(16)12-10(18)13-9(7)17/h1-4H,(H3,12,13,16,17,18). The molecule has 3 N–H and O–H groups in total. The van der Waals surface area contributed by atoms with Crippen LogP contribution in [0, 0.1) is 5.82 Å². The molecule has 0 saturated carbocycles. The smallest absolute Gasteiger partial charge is 0.328 e. The molecule has 0 amide bonds. The number of nitrogens with zero attached hydrogens (tertiary/aromatic N) is 2. The van der Waals surface area contributed by atoms with Crippen LogP contribution in [0.2, 0.25) is 0 Å². The molecule has 8 heteroatoms. The van der Waals surface area contributed by atoms with Crippen molar-refractivity contribution < 1.29 is 9.50 Å². The van der Waals surface area contributed by atoms with Gasteiger partial charge in [-0.3, -0.25) is 14.8 Å². The molecule has 0 unspecified atom stereocenters. The Labute approximate surface area is 98.7 Å². The lowest BCUT2D eigenvalue weighted by molar-refractivity contribution is 0.450.